The number of hydrogen-bond acceptors (Lipinski definition) is 3. The van der Waals surface area contributed by atoms with E-state index < -0.39 is 24.2 Å². The minimum absolute atomic E-state index is 0.0817. The monoisotopic (exact) mass is 288 g/mol. The fourth-order valence-electron chi connectivity index (χ4n) is 1.86. The molecule has 4 nitrogen and oxygen atoms in total. The summed E-state index contributed by atoms with van der Waals surface area (Å²) >= 11 is 0. The number of alkyl halides is 3. The second kappa shape index (κ2) is 5.32. The second-order valence-electron chi connectivity index (χ2n) is 4.73. The van der Waals surface area contributed by atoms with Crippen molar-refractivity contribution in [3.63, 3.8) is 0 Å². The average Bonchev–Trinajstić information content (AvgIpc) is 3.17. The zero-order valence-corrected chi connectivity index (χ0v) is 10.7. The predicted octanol–water partition coefficient (Wildman–Crippen LogP) is 1.74. The minimum atomic E-state index is -4.42. The van der Waals surface area contributed by atoms with Gasteiger partial charge < -0.3 is 15.8 Å². The molecule has 1 saturated carbocycles. The zero-order valence-electron chi connectivity index (χ0n) is 10.7. The molecule has 2 rings (SSSR count). The van der Waals surface area contributed by atoms with Crippen LogP contribution < -0.4 is 15.8 Å². The molecule has 0 atom stereocenters. The summed E-state index contributed by atoms with van der Waals surface area (Å²) in [7, 11) is 0. The van der Waals surface area contributed by atoms with Gasteiger partial charge in [0.1, 0.15) is 11.3 Å². The first-order chi connectivity index (χ1) is 9.38. The van der Waals surface area contributed by atoms with Crippen LogP contribution in [0.4, 0.5) is 13.2 Å². The average molecular weight is 288 g/mol. The van der Waals surface area contributed by atoms with Crippen molar-refractivity contribution in [3.8, 4) is 5.75 Å². The lowest BCUT2D eigenvalue weighted by atomic mass is 10.2. The van der Waals surface area contributed by atoms with E-state index in [9.17, 15) is 18.0 Å². The number of hydrogen-bond donors (Lipinski definition) is 2. The lowest BCUT2D eigenvalue weighted by molar-refractivity contribution is -0.170. The van der Waals surface area contributed by atoms with E-state index in [0.29, 0.717) is 11.3 Å². The molecule has 7 heteroatoms. The molecule has 1 aliphatic carbocycles. The Bertz CT molecular complexity index is 499. The Balaban J connectivity index is 1.90. The molecule has 1 fully saturated rings. The zero-order chi connectivity index (χ0) is 14.8. The van der Waals surface area contributed by atoms with Gasteiger partial charge in [-0.2, -0.15) is 13.2 Å². The van der Waals surface area contributed by atoms with Gasteiger partial charge in [0.15, 0.2) is 6.61 Å². The maximum Gasteiger partial charge on any atom is 0.411 e. The summed E-state index contributed by atoms with van der Waals surface area (Å²) in [5.74, 6) is -0.381. The van der Waals surface area contributed by atoms with Crippen LogP contribution in [0.1, 0.15) is 18.4 Å². The summed E-state index contributed by atoms with van der Waals surface area (Å²) in [6, 6.07) is 6.81. The first-order valence-electron chi connectivity index (χ1n) is 6.16. The summed E-state index contributed by atoms with van der Waals surface area (Å²) in [6.07, 6.45) is -4.58. The van der Waals surface area contributed by atoms with Crippen LogP contribution in [0.2, 0.25) is 0 Å². The number of halogens is 3. The lowest BCUT2D eigenvalue weighted by Gasteiger charge is -2.20. The Hall–Kier alpha value is -1.76. The summed E-state index contributed by atoms with van der Waals surface area (Å²) in [5.41, 5.74) is 4.13. The van der Waals surface area contributed by atoms with Gasteiger partial charge in [-0.15, -0.1) is 0 Å². The van der Waals surface area contributed by atoms with Crippen molar-refractivity contribution in [3.05, 3.63) is 29.8 Å². The third-order valence-electron chi connectivity index (χ3n) is 3.22. The van der Waals surface area contributed by atoms with Crippen molar-refractivity contribution in [1.29, 1.82) is 0 Å². The quantitative estimate of drug-likeness (QED) is 0.867. The topological polar surface area (TPSA) is 64.3 Å². The van der Waals surface area contributed by atoms with E-state index in [4.69, 9.17) is 10.5 Å². The first kappa shape index (κ1) is 14.6. The molecule has 20 heavy (non-hydrogen) atoms. The Labute approximate surface area is 114 Å². The van der Waals surface area contributed by atoms with E-state index in [1.165, 1.54) is 0 Å². The normalized spacial score (nSPS) is 16.6. The van der Waals surface area contributed by atoms with E-state index in [1.807, 2.05) is 5.32 Å². The Morgan fingerprint density at radius 3 is 2.55 bits per heavy atom. The summed E-state index contributed by atoms with van der Waals surface area (Å²) in [4.78, 5) is 11.6. The van der Waals surface area contributed by atoms with Gasteiger partial charge in [0.25, 0.3) is 5.91 Å². The predicted molar refractivity (Wildman–Crippen MR) is 66.0 cm³/mol. The molecule has 1 amide bonds. The molecule has 0 aromatic heterocycles. The van der Waals surface area contributed by atoms with Crippen molar-refractivity contribution in [2.75, 3.05) is 6.61 Å². The number of nitrogens with one attached hydrogen (secondary N) is 1. The number of benzene rings is 1. The van der Waals surface area contributed by atoms with Gasteiger partial charge in [0.2, 0.25) is 0 Å². The van der Waals surface area contributed by atoms with E-state index in [1.54, 1.807) is 24.3 Å². The van der Waals surface area contributed by atoms with E-state index in [0.717, 1.165) is 0 Å². The van der Waals surface area contributed by atoms with E-state index in [2.05, 4.69) is 0 Å². The van der Waals surface area contributed by atoms with Crippen LogP contribution in [-0.4, -0.2) is 24.2 Å². The highest BCUT2D eigenvalue weighted by molar-refractivity contribution is 5.79. The van der Waals surface area contributed by atoms with Crippen molar-refractivity contribution in [2.45, 2.75) is 31.1 Å². The van der Waals surface area contributed by atoms with Gasteiger partial charge in [0, 0.05) is 12.1 Å². The summed E-state index contributed by atoms with van der Waals surface area (Å²) in [6.45, 7) is -0.237. The van der Waals surface area contributed by atoms with Crippen molar-refractivity contribution in [1.82, 2.24) is 5.32 Å². The van der Waals surface area contributed by atoms with Crippen molar-refractivity contribution >= 4 is 5.91 Å². The van der Waals surface area contributed by atoms with Crippen LogP contribution in [-0.2, 0) is 11.3 Å². The fourth-order valence-corrected chi connectivity index (χ4v) is 1.86. The van der Waals surface area contributed by atoms with Crippen LogP contribution >= 0.6 is 0 Å². The van der Waals surface area contributed by atoms with Gasteiger partial charge in [-0.3, -0.25) is 4.79 Å². The van der Waals surface area contributed by atoms with Gasteiger partial charge in [0.05, 0.1) is 0 Å². The SMILES string of the molecule is NCc1ccccc1OCC(=O)NC1(C(F)(F)F)CC1. The molecule has 1 aromatic rings. The lowest BCUT2D eigenvalue weighted by Crippen LogP contribution is -2.49. The first-order valence-corrected chi connectivity index (χ1v) is 6.16. The molecule has 0 unspecified atom stereocenters. The number of ether oxygens (including phenoxy) is 1. The number of carbonyl (C=O) groups is 1. The van der Waals surface area contributed by atoms with E-state index in [-0.39, 0.29) is 19.4 Å². The fraction of sp³-hybridized carbons (Fsp3) is 0.462. The molecule has 1 aromatic carbocycles. The smallest absolute Gasteiger partial charge is 0.411 e. The number of nitrogens with two attached hydrogens (primary N) is 1. The maximum atomic E-state index is 12.7. The third kappa shape index (κ3) is 3.04. The van der Waals surface area contributed by atoms with Crippen LogP contribution in [0, 0.1) is 0 Å². The van der Waals surface area contributed by atoms with Crippen LogP contribution in [0.5, 0.6) is 5.75 Å². The van der Waals surface area contributed by atoms with Gasteiger partial charge in [-0.1, -0.05) is 18.2 Å². The molecule has 0 spiro atoms. The highest BCUT2D eigenvalue weighted by atomic mass is 19.4. The minimum Gasteiger partial charge on any atom is -0.483 e. The highest BCUT2D eigenvalue weighted by Gasteiger charge is 2.64. The largest absolute Gasteiger partial charge is 0.483 e. The van der Waals surface area contributed by atoms with Crippen molar-refractivity contribution < 1.29 is 22.7 Å². The molecule has 0 heterocycles. The van der Waals surface area contributed by atoms with E-state index >= 15 is 0 Å². The van der Waals surface area contributed by atoms with Crippen molar-refractivity contribution in [2.24, 2.45) is 5.73 Å². The maximum absolute atomic E-state index is 12.7. The number of rotatable bonds is 5. The number of carbonyl (C=O) groups excluding carboxylic acids is 1. The van der Waals surface area contributed by atoms with Crippen LogP contribution in [0.3, 0.4) is 0 Å². The standard InChI is InChI=1S/C13H15F3N2O2/c14-13(15,16)12(5-6-12)18-11(19)8-20-10-4-2-1-3-9(10)7-17/h1-4H,5-8,17H2,(H,18,19). The second-order valence-corrected chi connectivity index (χ2v) is 4.73. The molecule has 110 valence electrons. The van der Waals surface area contributed by atoms with Gasteiger partial charge in [-0.25, -0.2) is 0 Å². The summed E-state index contributed by atoms with van der Waals surface area (Å²) < 4.78 is 43.2. The Kier molecular flexibility index (Phi) is 3.89. The van der Waals surface area contributed by atoms with Gasteiger partial charge >= 0.3 is 6.18 Å². The van der Waals surface area contributed by atoms with Gasteiger partial charge in [-0.05, 0) is 18.9 Å². The molecular formula is C13H15F3N2O2. The van der Waals surface area contributed by atoms with Crippen LogP contribution in [0.25, 0.3) is 0 Å². The van der Waals surface area contributed by atoms with Crippen LogP contribution in [0.15, 0.2) is 24.3 Å². The number of para-hydroxylation sites is 1. The molecule has 3 N–H and O–H groups in total. The molecule has 1 aliphatic rings. The Morgan fingerprint density at radius 1 is 1.35 bits per heavy atom. The molecule has 0 aliphatic heterocycles. The molecule has 0 radical (unpaired) electrons. The molecule has 0 bridgehead atoms. The third-order valence-corrected chi connectivity index (χ3v) is 3.22. The Morgan fingerprint density at radius 2 is 2.00 bits per heavy atom. The summed E-state index contributed by atoms with van der Waals surface area (Å²) in [5, 5.41) is 1.99. The highest BCUT2D eigenvalue weighted by Crippen LogP contribution is 2.48. The molecule has 0 saturated heterocycles. The molecular weight excluding hydrogens is 273 g/mol. The number of amides is 1.